The van der Waals surface area contributed by atoms with Crippen molar-refractivity contribution in [2.75, 3.05) is 5.32 Å². The van der Waals surface area contributed by atoms with E-state index in [1.165, 1.54) is 12.1 Å². The number of fused-ring (bicyclic) bond motifs is 1. The lowest BCUT2D eigenvalue weighted by atomic mass is 9.91. The number of benzene rings is 1. The van der Waals surface area contributed by atoms with Crippen LogP contribution in [0.1, 0.15) is 36.0 Å². The molecule has 0 unspecified atom stereocenters. The maximum atomic E-state index is 12.5. The minimum Gasteiger partial charge on any atom is -0.406 e. The van der Waals surface area contributed by atoms with E-state index >= 15 is 0 Å². The summed E-state index contributed by atoms with van der Waals surface area (Å²) in [5, 5.41) is 7.80. The fourth-order valence-corrected chi connectivity index (χ4v) is 4.80. The molecule has 1 aliphatic carbocycles. The van der Waals surface area contributed by atoms with Crippen molar-refractivity contribution in [2.24, 2.45) is 0 Å². The van der Waals surface area contributed by atoms with Crippen LogP contribution in [0.3, 0.4) is 0 Å². The Kier molecular flexibility index (Phi) is 6.92. The number of alkyl halides is 3. The Morgan fingerprint density at radius 3 is 2.51 bits per heavy atom. The lowest BCUT2D eigenvalue weighted by Crippen LogP contribution is -2.40. The number of ether oxygens (including phenoxy) is 1. The van der Waals surface area contributed by atoms with Crippen LogP contribution in [0.25, 0.3) is 22.2 Å². The van der Waals surface area contributed by atoms with Crippen molar-refractivity contribution in [3.63, 3.8) is 0 Å². The molecule has 7 nitrogen and oxygen atoms in total. The summed E-state index contributed by atoms with van der Waals surface area (Å²) in [7, 11) is 0. The molecule has 4 aromatic rings. The van der Waals surface area contributed by atoms with Crippen LogP contribution in [0.5, 0.6) is 5.75 Å². The Hall–Kier alpha value is -3.79. The second-order valence-electron chi connectivity index (χ2n) is 8.90. The molecule has 37 heavy (non-hydrogen) atoms. The summed E-state index contributed by atoms with van der Waals surface area (Å²) in [5.74, 6) is -0.0199. The molecule has 0 aliphatic heterocycles. The van der Waals surface area contributed by atoms with Gasteiger partial charge < -0.3 is 20.4 Å². The molecular weight excluding hydrogens is 507 g/mol. The van der Waals surface area contributed by atoms with Crippen LogP contribution in [0.15, 0.2) is 60.9 Å². The minimum absolute atomic E-state index is 0.0294. The van der Waals surface area contributed by atoms with Gasteiger partial charge >= 0.3 is 6.36 Å². The van der Waals surface area contributed by atoms with Crippen molar-refractivity contribution in [3.05, 3.63) is 71.6 Å². The third kappa shape index (κ3) is 6.14. The first kappa shape index (κ1) is 24.9. The molecule has 0 atom stereocenters. The van der Waals surface area contributed by atoms with Gasteiger partial charge in [0, 0.05) is 41.0 Å². The summed E-state index contributed by atoms with van der Waals surface area (Å²) >= 11 is 6.33. The fourth-order valence-electron chi connectivity index (χ4n) is 4.59. The van der Waals surface area contributed by atoms with Crippen LogP contribution in [-0.4, -0.2) is 39.3 Å². The van der Waals surface area contributed by atoms with Crippen molar-refractivity contribution >= 4 is 34.4 Å². The molecule has 11 heteroatoms. The molecule has 0 radical (unpaired) electrons. The number of H-pyrrole nitrogens is 1. The van der Waals surface area contributed by atoms with Crippen molar-refractivity contribution in [2.45, 2.75) is 44.1 Å². The Bertz CT molecular complexity index is 1400. The highest BCUT2D eigenvalue weighted by atomic mass is 35.5. The molecule has 3 N–H and O–H groups in total. The lowest BCUT2D eigenvalue weighted by Gasteiger charge is -2.30. The number of pyridine rings is 2. The Balaban J connectivity index is 1.17. The van der Waals surface area contributed by atoms with Gasteiger partial charge in [-0.2, -0.15) is 0 Å². The van der Waals surface area contributed by atoms with Gasteiger partial charge in [0.05, 0.1) is 0 Å². The summed E-state index contributed by atoms with van der Waals surface area (Å²) in [5.41, 5.74) is 2.98. The maximum Gasteiger partial charge on any atom is 0.573 e. The van der Waals surface area contributed by atoms with Gasteiger partial charge in [0.1, 0.15) is 22.4 Å². The second-order valence-corrected chi connectivity index (χ2v) is 9.29. The van der Waals surface area contributed by atoms with Crippen molar-refractivity contribution in [3.8, 4) is 16.9 Å². The van der Waals surface area contributed by atoms with Crippen LogP contribution in [-0.2, 0) is 0 Å². The van der Waals surface area contributed by atoms with E-state index in [1.807, 2.05) is 30.5 Å². The average molecular weight is 530 g/mol. The van der Waals surface area contributed by atoms with Crippen LogP contribution >= 0.6 is 11.6 Å². The van der Waals surface area contributed by atoms with E-state index in [4.69, 9.17) is 11.6 Å². The molecule has 3 heterocycles. The molecule has 3 aromatic heterocycles. The van der Waals surface area contributed by atoms with Gasteiger partial charge in [-0.3, -0.25) is 4.79 Å². The summed E-state index contributed by atoms with van der Waals surface area (Å²) in [6.45, 7) is 0. The third-order valence-electron chi connectivity index (χ3n) is 6.32. The summed E-state index contributed by atoms with van der Waals surface area (Å²) in [6.07, 6.45) is 1.98. The number of nitrogens with one attached hydrogen (secondary N) is 3. The van der Waals surface area contributed by atoms with Gasteiger partial charge in [-0.25, -0.2) is 9.97 Å². The van der Waals surface area contributed by atoms with E-state index in [-0.39, 0.29) is 29.3 Å². The van der Waals surface area contributed by atoms with Crippen molar-refractivity contribution in [1.82, 2.24) is 20.3 Å². The maximum absolute atomic E-state index is 12.5. The first-order valence-electron chi connectivity index (χ1n) is 11.8. The van der Waals surface area contributed by atoms with Crippen molar-refractivity contribution < 1.29 is 22.7 Å². The smallest absolute Gasteiger partial charge is 0.406 e. The highest BCUT2D eigenvalue weighted by Gasteiger charge is 2.31. The molecule has 1 fully saturated rings. The standard InChI is InChI=1S/C26H23ClF3N5O2/c27-22-12-16(21-14-32-24-20(21)2-1-11-31-24)13-23(35-22)33-17-5-7-18(8-6-17)34-25(36)15-3-9-19(10-4-15)37-26(28,29)30/h1-4,9-14,17-18H,5-8H2,(H,31,32)(H,33,35)(H,34,36)/t17-,18-. The minimum atomic E-state index is -4.77. The van der Waals surface area contributed by atoms with E-state index in [0.29, 0.717) is 11.0 Å². The van der Waals surface area contributed by atoms with Crippen LogP contribution in [0.2, 0.25) is 5.15 Å². The summed E-state index contributed by atoms with van der Waals surface area (Å²) < 4.78 is 40.8. The van der Waals surface area contributed by atoms with Gasteiger partial charge in [0.25, 0.3) is 5.91 Å². The van der Waals surface area contributed by atoms with Crippen molar-refractivity contribution in [1.29, 1.82) is 0 Å². The molecule has 5 rings (SSSR count). The van der Waals surface area contributed by atoms with Crippen LogP contribution in [0.4, 0.5) is 19.0 Å². The SMILES string of the molecule is O=C(N[C@H]1CC[C@H](Nc2cc(-c3c[nH]c4ncccc34)cc(Cl)n2)CC1)c1ccc(OC(F)(F)F)cc1. The van der Waals surface area contributed by atoms with Crippen LogP contribution in [0, 0.1) is 0 Å². The Labute approximate surface area is 215 Å². The highest BCUT2D eigenvalue weighted by Crippen LogP contribution is 2.31. The number of nitrogens with zero attached hydrogens (tertiary/aromatic N) is 2. The monoisotopic (exact) mass is 529 g/mol. The normalized spacial score (nSPS) is 17.9. The predicted molar refractivity (Wildman–Crippen MR) is 135 cm³/mol. The molecule has 0 spiro atoms. The first-order valence-corrected chi connectivity index (χ1v) is 12.1. The molecule has 192 valence electrons. The molecule has 0 saturated heterocycles. The Morgan fingerprint density at radius 1 is 1.05 bits per heavy atom. The summed E-state index contributed by atoms with van der Waals surface area (Å²) in [6, 6.07) is 12.7. The number of anilines is 1. The number of rotatable bonds is 6. The topological polar surface area (TPSA) is 91.9 Å². The van der Waals surface area contributed by atoms with Gasteiger partial charge in [0.15, 0.2) is 0 Å². The molecular formula is C26H23ClF3N5O2. The number of amides is 1. The summed E-state index contributed by atoms with van der Waals surface area (Å²) in [4.78, 5) is 24.5. The van der Waals surface area contributed by atoms with E-state index in [9.17, 15) is 18.0 Å². The molecule has 1 saturated carbocycles. The largest absolute Gasteiger partial charge is 0.573 e. The number of hydrogen-bond donors (Lipinski definition) is 3. The molecule has 0 bridgehead atoms. The predicted octanol–water partition coefficient (Wildman–Crippen LogP) is 6.33. The first-order chi connectivity index (χ1) is 17.7. The third-order valence-corrected chi connectivity index (χ3v) is 6.51. The van der Waals surface area contributed by atoms with E-state index in [0.717, 1.165) is 60.0 Å². The van der Waals surface area contributed by atoms with E-state index in [1.54, 1.807) is 6.20 Å². The number of halogens is 4. The fraction of sp³-hybridized carbons (Fsp3) is 0.269. The number of aromatic nitrogens is 3. The van der Waals surface area contributed by atoms with Gasteiger partial charge in [-0.1, -0.05) is 11.6 Å². The highest BCUT2D eigenvalue weighted by molar-refractivity contribution is 6.29. The zero-order chi connectivity index (χ0) is 26.0. The second kappa shape index (κ2) is 10.3. The average Bonchev–Trinajstić information content (AvgIpc) is 3.29. The lowest BCUT2D eigenvalue weighted by molar-refractivity contribution is -0.274. The van der Waals surface area contributed by atoms with Crippen LogP contribution < -0.4 is 15.4 Å². The van der Waals surface area contributed by atoms with E-state index < -0.39 is 6.36 Å². The zero-order valence-electron chi connectivity index (χ0n) is 19.5. The molecule has 1 aliphatic rings. The number of hydrogen-bond acceptors (Lipinski definition) is 5. The zero-order valence-corrected chi connectivity index (χ0v) is 20.2. The van der Waals surface area contributed by atoms with E-state index in [2.05, 4.69) is 30.3 Å². The number of carbonyl (C=O) groups is 1. The van der Waals surface area contributed by atoms with Gasteiger partial charge in [-0.05, 0) is 79.8 Å². The Morgan fingerprint density at radius 2 is 1.78 bits per heavy atom. The molecule has 1 aromatic carbocycles. The van der Waals surface area contributed by atoms with Gasteiger partial charge in [0.2, 0.25) is 0 Å². The van der Waals surface area contributed by atoms with Gasteiger partial charge in [-0.15, -0.1) is 13.2 Å². The quantitative estimate of drug-likeness (QED) is 0.254. The number of carbonyl (C=O) groups excluding carboxylic acids is 1. The number of aromatic amines is 1. The molecule has 1 amide bonds.